The van der Waals surface area contributed by atoms with Crippen LogP contribution in [-0.4, -0.2) is 22.8 Å². The van der Waals surface area contributed by atoms with Gasteiger partial charge in [0.2, 0.25) is 0 Å². The van der Waals surface area contributed by atoms with E-state index in [4.69, 9.17) is 14.4 Å². The summed E-state index contributed by atoms with van der Waals surface area (Å²) in [5.41, 5.74) is 0.766. The summed E-state index contributed by atoms with van der Waals surface area (Å²) in [6.07, 6.45) is -0.233. The number of ether oxygens (including phenoxy) is 1. The van der Waals surface area contributed by atoms with E-state index in [1.54, 1.807) is 13.0 Å². The number of carbonyl (C=O) groups is 1. The molecule has 2 rings (SSSR count). The fourth-order valence-corrected chi connectivity index (χ4v) is 1.61. The van der Waals surface area contributed by atoms with E-state index in [-0.39, 0.29) is 17.9 Å². The van der Waals surface area contributed by atoms with Gasteiger partial charge in [0.1, 0.15) is 0 Å². The fourth-order valence-electron chi connectivity index (χ4n) is 1.61. The van der Waals surface area contributed by atoms with E-state index in [1.165, 1.54) is 18.2 Å². The molecule has 100 valence electrons. The van der Waals surface area contributed by atoms with Crippen LogP contribution in [0.2, 0.25) is 0 Å². The van der Waals surface area contributed by atoms with Crippen molar-refractivity contribution in [1.82, 2.24) is 5.16 Å². The Labute approximate surface area is 108 Å². The highest BCUT2D eigenvalue weighted by molar-refractivity contribution is 5.70. The smallest absolute Gasteiger partial charge is 0.309 e. The number of nitrogens with zero attached hydrogens (tertiary/aromatic N) is 1. The molecule has 0 fully saturated rings. The van der Waals surface area contributed by atoms with Crippen LogP contribution in [0.5, 0.6) is 5.75 Å². The molecule has 19 heavy (non-hydrogen) atoms. The van der Waals surface area contributed by atoms with E-state index >= 15 is 0 Å². The molecule has 5 nitrogen and oxygen atoms in total. The Kier molecular flexibility index (Phi) is 3.79. The molecule has 0 aliphatic carbocycles. The van der Waals surface area contributed by atoms with Crippen LogP contribution >= 0.6 is 0 Å². The fraction of sp³-hybridized carbons (Fsp3) is 0.231. The van der Waals surface area contributed by atoms with Crippen LogP contribution in [0.15, 0.2) is 28.8 Å². The van der Waals surface area contributed by atoms with Crippen molar-refractivity contribution in [2.24, 2.45) is 0 Å². The van der Waals surface area contributed by atoms with Gasteiger partial charge in [-0.05, 0) is 25.1 Å². The van der Waals surface area contributed by atoms with Crippen molar-refractivity contribution in [1.29, 1.82) is 0 Å². The molecule has 0 aliphatic heterocycles. The van der Waals surface area contributed by atoms with Gasteiger partial charge < -0.3 is 14.4 Å². The Morgan fingerprint density at radius 3 is 2.89 bits per heavy atom. The quantitative estimate of drug-likeness (QED) is 0.899. The van der Waals surface area contributed by atoms with Gasteiger partial charge >= 0.3 is 5.97 Å². The van der Waals surface area contributed by atoms with Crippen molar-refractivity contribution in [2.45, 2.75) is 13.3 Å². The summed E-state index contributed by atoms with van der Waals surface area (Å²) < 4.78 is 23.7. The number of hydrogen-bond donors (Lipinski definition) is 1. The number of carboxylic acids is 1. The van der Waals surface area contributed by atoms with Crippen molar-refractivity contribution in [3.63, 3.8) is 0 Å². The first-order valence-corrected chi connectivity index (χ1v) is 5.70. The lowest BCUT2D eigenvalue weighted by atomic mass is 10.1. The van der Waals surface area contributed by atoms with Crippen molar-refractivity contribution in [2.75, 3.05) is 6.61 Å². The van der Waals surface area contributed by atoms with Gasteiger partial charge in [0.25, 0.3) is 0 Å². The third-order valence-electron chi connectivity index (χ3n) is 2.41. The van der Waals surface area contributed by atoms with E-state index < -0.39 is 11.8 Å². The predicted octanol–water partition coefficient (Wildman–Crippen LogP) is 2.51. The van der Waals surface area contributed by atoms with E-state index in [1.807, 2.05) is 0 Å². The highest BCUT2D eigenvalue weighted by Gasteiger charge is 2.12. The first-order chi connectivity index (χ1) is 9.10. The van der Waals surface area contributed by atoms with Crippen molar-refractivity contribution < 1.29 is 23.6 Å². The first kappa shape index (κ1) is 13.1. The van der Waals surface area contributed by atoms with Crippen molar-refractivity contribution in [3.05, 3.63) is 35.8 Å². The number of aromatic nitrogens is 1. The molecule has 0 bridgehead atoms. The molecule has 0 saturated heterocycles. The van der Waals surface area contributed by atoms with Gasteiger partial charge in [0.05, 0.1) is 18.7 Å². The summed E-state index contributed by atoms with van der Waals surface area (Å²) >= 11 is 0. The van der Waals surface area contributed by atoms with Crippen LogP contribution < -0.4 is 4.74 Å². The number of carboxylic acid groups (broad SMARTS) is 1. The number of hydrogen-bond acceptors (Lipinski definition) is 4. The van der Waals surface area contributed by atoms with E-state index in [0.29, 0.717) is 17.9 Å². The van der Waals surface area contributed by atoms with Crippen LogP contribution in [0.4, 0.5) is 4.39 Å². The molecule has 1 aromatic carbocycles. The molecule has 0 saturated carbocycles. The lowest BCUT2D eigenvalue weighted by Crippen LogP contribution is -1.99. The number of rotatable bonds is 5. The van der Waals surface area contributed by atoms with Crippen LogP contribution in [0.1, 0.15) is 12.6 Å². The van der Waals surface area contributed by atoms with Gasteiger partial charge in [-0.25, -0.2) is 4.39 Å². The highest BCUT2D eigenvalue weighted by Crippen LogP contribution is 2.26. The molecule has 0 aliphatic rings. The zero-order chi connectivity index (χ0) is 13.8. The van der Waals surface area contributed by atoms with Crippen LogP contribution in [0.3, 0.4) is 0 Å². The summed E-state index contributed by atoms with van der Waals surface area (Å²) in [7, 11) is 0. The zero-order valence-electron chi connectivity index (χ0n) is 10.2. The summed E-state index contributed by atoms with van der Waals surface area (Å²) in [6.45, 7) is 2.14. The predicted molar refractivity (Wildman–Crippen MR) is 64.4 cm³/mol. The molecule has 0 atom stereocenters. The number of aliphatic carboxylic acids is 1. The molecule has 6 heteroatoms. The summed E-state index contributed by atoms with van der Waals surface area (Å²) in [4.78, 5) is 10.5. The second kappa shape index (κ2) is 5.51. The molecular weight excluding hydrogens is 253 g/mol. The monoisotopic (exact) mass is 265 g/mol. The maximum absolute atomic E-state index is 13.7. The Bertz CT molecular complexity index is 594. The van der Waals surface area contributed by atoms with Gasteiger partial charge in [-0.1, -0.05) is 5.16 Å². The summed E-state index contributed by atoms with van der Waals surface area (Å²) in [5.74, 6) is -1.03. The molecule has 0 unspecified atom stereocenters. The molecule has 0 amide bonds. The second-order valence-corrected chi connectivity index (χ2v) is 3.83. The third-order valence-corrected chi connectivity index (χ3v) is 2.41. The molecule has 1 aromatic heterocycles. The summed E-state index contributed by atoms with van der Waals surface area (Å²) in [6, 6.07) is 5.85. The average molecular weight is 265 g/mol. The zero-order valence-corrected chi connectivity index (χ0v) is 10.2. The highest BCUT2D eigenvalue weighted by atomic mass is 19.1. The lowest BCUT2D eigenvalue weighted by molar-refractivity contribution is -0.136. The maximum atomic E-state index is 13.7. The van der Waals surface area contributed by atoms with E-state index in [2.05, 4.69) is 5.16 Å². The number of halogens is 1. The normalized spacial score (nSPS) is 10.4. The van der Waals surface area contributed by atoms with Gasteiger partial charge in [0, 0.05) is 11.6 Å². The Morgan fingerprint density at radius 1 is 1.47 bits per heavy atom. The van der Waals surface area contributed by atoms with Crippen molar-refractivity contribution in [3.8, 4) is 17.1 Å². The minimum Gasteiger partial charge on any atom is -0.491 e. The summed E-state index contributed by atoms with van der Waals surface area (Å²) in [5, 5.41) is 12.2. The second-order valence-electron chi connectivity index (χ2n) is 3.83. The van der Waals surface area contributed by atoms with Crippen LogP contribution in [0, 0.1) is 5.82 Å². The number of benzene rings is 1. The van der Waals surface area contributed by atoms with E-state index in [0.717, 1.165) is 0 Å². The first-order valence-electron chi connectivity index (χ1n) is 5.70. The maximum Gasteiger partial charge on any atom is 0.309 e. The largest absolute Gasteiger partial charge is 0.491 e. The molecule has 0 radical (unpaired) electrons. The SMILES string of the molecule is CCOc1ccc(-c2cc(CC(=O)O)no2)cc1F. The Hall–Kier alpha value is -2.37. The van der Waals surface area contributed by atoms with Crippen LogP contribution in [0.25, 0.3) is 11.3 Å². The lowest BCUT2D eigenvalue weighted by Gasteiger charge is -2.04. The molecule has 2 aromatic rings. The van der Waals surface area contributed by atoms with Gasteiger partial charge in [0.15, 0.2) is 17.3 Å². The topological polar surface area (TPSA) is 72.6 Å². The third kappa shape index (κ3) is 3.09. The Balaban J connectivity index is 2.24. The minimum atomic E-state index is -1.00. The van der Waals surface area contributed by atoms with Crippen LogP contribution in [-0.2, 0) is 11.2 Å². The molecule has 1 heterocycles. The van der Waals surface area contributed by atoms with Gasteiger partial charge in [-0.3, -0.25) is 4.79 Å². The van der Waals surface area contributed by atoms with E-state index in [9.17, 15) is 9.18 Å². The standard InChI is InChI=1S/C13H12FNO4/c1-2-18-11-4-3-8(5-10(11)14)12-6-9(15-19-12)7-13(16)17/h3-6H,2,7H2,1H3,(H,16,17). The molecular formula is C13H12FNO4. The molecule has 0 spiro atoms. The Morgan fingerprint density at radius 2 is 2.26 bits per heavy atom. The van der Waals surface area contributed by atoms with Gasteiger partial charge in [-0.2, -0.15) is 0 Å². The minimum absolute atomic E-state index is 0.163. The van der Waals surface area contributed by atoms with Crippen molar-refractivity contribution >= 4 is 5.97 Å². The van der Waals surface area contributed by atoms with Gasteiger partial charge in [-0.15, -0.1) is 0 Å². The average Bonchev–Trinajstić information content (AvgIpc) is 2.79. The molecule has 1 N–H and O–H groups in total.